The van der Waals surface area contributed by atoms with Gasteiger partial charge in [-0.3, -0.25) is 4.98 Å². The van der Waals surface area contributed by atoms with Crippen molar-refractivity contribution in [1.29, 1.82) is 0 Å². The molecular formula is C18H14BrNO3. The van der Waals surface area contributed by atoms with E-state index in [1.54, 1.807) is 43.6 Å². The van der Waals surface area contributed by atoms with Crippen molar-refractivity contribution in [3.05, 3.63) is 70.5 Å². The molecule has 0 bridgehead atoms. The van der Waals surface area contributed by atoms with Crippen molar-refractivity contribution < 1.29 is 14.6 Å². The molecule has 0 aliphatic carbocycles. The van der Waals surface area contributed by atoms with Crippen molar-refractivity contribution in [1.82, 2.24) is 4.98 Å². The van der Waals surface area contributed by atoms with Crippen LogP contribution in [-0.2, 0) is 4.74 Å². The van der Waals surface area contributed by atoms with Gasteiger partial charge in [-0.1, -0.05) is 40.2 Å². The monoisotopic (exact) mass is 371 g/mol. The number of aromatic hydroxyl groups is 1. The van der Waals surface area contributed by atoms with Gasteiger partial charge in [0.1, 0.15) is 17.4 Å². The van der Waals surface area contributed by atoms with Crippen LogP contribution in [0.2, 0.25) is 0 Å². The molecule has 3 aromatic rings. The van der Waals surface area contributed by atoms with Crippen molar-refractivity contribution >= 4 is 32.7 Å². The number of benzene rings is 2. The molecule has 0 aliphatic heterocycles. The van der Waals surface area contributed by atoms with E-state index in [0.29, 0.717) is 5.39 Å². The number of ether oxygens (including phenoxy) is 1. The third kappa shape index (κ3) is 3.05. The first kappa shape index (κ1) is 15.5. The zero-order valence-corrected chi connectivity index (χ0v) is 13.9. The van der Waals surface area contributed by atoms with Gasteiger partial charge in [0.2, 0.25) is 0 Å². The number of hydrogen-bond acceptors (Lipinski definition) is 4. The van der Waals surface area contributed by atoms with Gasteiger partial charge in [0.25, 0.3) is 0 Å². The van der Waals surface area contributed by atoms with Crippen LogP contribution in [0, 0.1) is 0 Å². The molecule has 1 heterocycles. The van der Waals surface area contributed by atoms with Crippen LogP contribution in [0.5, 0.6) is 5.75 Å². The molecule has 4 nitrogen and oxygen atoms in total. The summed E-state index contributed by atoms with van der Waals surface area (Å²) < 4.78 is 6.19. The minimum absolute atomic E-state index is 0.0734. The predicted octanol–water partition coefficient (Wildman–Crippen LogP) is 4.62. The standard InChI is InChI=1S/C18H14BrNO3/c1-11(12-6-8-20-9-7-12)23-18(22)15-10-16(19)13-4-2-3-5-14(13)17(15)21/h2-11,21H,1H3/t11-/m0/s1. The van der Waals surface area contributed by atoms with Crippen molar-refractivity contribution in [3.63, 3.8) is 0 Å². The molecule has 3 rings (SSSR count). The number of pyridine rings is 1. The summed E-state index contributed by atoms with van der Waals surface area (Å²) in [6, 6.07) is 12.5. The van der Waals surface area contributed by atoms with Crippen LogP contribution in [-0.4, -0.2) is 16.1 Å². The number of carbonyl (C=O) groups excluding carboxylic acids is 1. The predicted molar refractivity (Wildman–Crippen MR) is 91.4 cm³/mol. The summed E-state index contributed by atoms with van der Waals surface area (Å²) in [7, 11) is 0. The van der Waals surface area contributed by atoms with Gasteiger partial charge in [-0.2, -0.15) is 0 Å². The highest BCUT2D eigenvalue weighted by atomic mass is 79.9. The first-order valence-corrected chi connectivity index (χ1v) is 7.88. The Bertz CT molecular complexity index is 865. The minimum atomic E-state index is -0.571. The smallest absolute Gasteiger partial charge is 0.342 e. The largest absolute Gasteiger partial charge is 0.506 e. The Labute approximate surface area is 141 Å². The van der Waals surface area contributed by atoms with Gasteiger partial charge in [0, 0.05) is 22.3 Å². The van der Waals surface area contributed by atoms with E-state index in [1.807, 2.05) is 18.2 Å². The van der Waals surface area contributed by atoms with Crippen molar-refractivity contribution in [2.45, 2.75) is 13.0 Å². The second-order valence-electron chi connectivity index (χ2n) is 5.13. The van der Waals surface area contributed by atoms with Gasteiger partial charge < -0.3 is 9.84 Å². The Morgan fingerprint density at radius 1 is 1.17 bits per heavy atom. The van der Waals surface area contributed by atoms with E-state index in [0.717, 1.165) is 15.4 Å². The number of phenolic OH excluding ortho intramolecular Hbond substituents is 1. The van der Waals surface area contributed by atoms with Gasteiger partial charge >= 0.3 is 5.97 Å². The number of halogens is 1. The van der Waals surface area contributed by atoms with Crippen LogP contribution in [0.3, 0.4) is 0 Å². The maximum atomic E-state index is 12.4. The number of rotatable bonds is 3. The van der Waals surface area contributed by atoms with Crippen molar-refractivity contribution in [2.24, 2.45) is 0 Å². The summed E-state index contributed by atoms with van der Waals surface area (Å²) in [6.45, 7) is 1.78. The lowest BCUT2D eigenvalue weighted by Gasteiger charge is -2.15. The van der Waals surface area contributed by atoms with Crippen LogP contribution in [0.25, 0.3) is 10.8 Å². The first-order valence-electron chi connectivity index (χ1n) is 7.09. The van der Waals surface area contributed by atoms with Crippen LogP contribution < -0.4 is 0 Å². The summed E-state index contributed by atoms with van der Waals surface area (Å²) in [5.74, 6) is -0.644. The minimum Gasteiger partial charge on any atom is -0.506 e. The summed E-state index contributed by atoms with van der Waals surface area (Å²) >= 11 is 3.43. The molecule has 0 fully saturated rings. The number of esters is 1. The summed E-state index contributed by atoms with van der Waals surface area (Å²) in [4.78, 5) is 16.4. The summed E-state index contributed by atoms with van der Waals surface area (Å²) in [5.41, 5.74) is 0.976. The van der Waals surface area contributed by atoms with E-state index in [4.69, 9.17) is 4.74 Å². The first-order chi connectivity index (χ1) is 11.1. The molecule has 1 aromatic heterocycles. The third-order valence-electron chi connectivity index (χ3n) is 3.64. The SMILES string of the molecule is C[C@H](OC(=O)c1cc(Br)c2ccccc2c1O)c1ccncc1. The summed E-state index contributed by atoms with van der Waals surface area (Å²) in [6.07, 6.45) is 2.85. The fraction of sp³-hybridized carbons (Fsp3) is 0.111. The van der Waals surface area contributed by atoms with E-state index in [2.05, 4.69) is 20.9 Å². The number of nitrogens with zero attached hydrogens (tertiary/aromatic N) is 1. The number of carbonyl (C=O) groups is 1. The van der Waals surface area contributed by atoms with Gasteiger partial charge in [-0.15, -0.1) is 0 Å². The summed E-state index contributed by atoms with van der Waals surface area (Å²) in [5, 5.41) is 11.8. The zero-order valence-electron chi connectivity index (χ0n) is 12.4. The molecule has 23 heavy (non-hydrogen) atoms. The highest BCUT2D eigenvalue weighted by Gasteiger charge is 2.20. The maximum absolute atomic E-state index is 12.4. The second-order valence-corrected chi connectivity index (χ2v) is 5.98. The highest BCUT2D eigenvalue weighted by Crippen LogP contribution is 2.35. The van der Waals surface area contributed by atoms with Crippen molar-refractivity contribution in [2.75, 3.05) is 0 Å². The van der Waals surface area contributed by atoms with E-state index >= 15 is 0 Å². The Kier molecular flexibility index (Phi) is 4.30. The van der Waals surface area contributed by atoms with Gasteiger partial charge in [-0.25, -0.2) is 4.79 Å². The molecule has 0 amide bonds. The number of aromatic nitrogens is 1. The zero-order chi connectivity index (χ0) is 16.4. The second kappa shape index (κ2) is 6.38. The maximum Gasteiger partial charge on any atom is 0.342 e. The van der Waals surface area contributed by atoms with Crippen molar-refractivity contribution in [3.8, 4) is 5.75 Å². The van der Waals surface area contributed by atoms with E-state index < -0.39 is 12.1 Å². The molecule has 1 atom stereocenters. The van der Waals surface area contributed by atoms with E-state index in [-0.39, 0.29) is 11.3 Å². The Balaban J connectivity index is 1.94. The molecule has 5 heteroatoms. The molecule has 0 spiro atoms. The van der Waals surface area contributed by atoms with Gasteiger partial charge in [0.05, 0.1) is 0 Å². The highest BCUT2D eigenvalue weighted by molar-refractivity contribution is 9.10. The molecule has 0 aliphatic rings. The van der Waals surface area contributed by atoms with E-state index in [9.17, 15) is 9.90 Å². The molecular weight excluding hydrogens is 358 g/mol. The molecule has 0 unspecified atom stereocenters. The molecule has 1 N–H and O–H groups in total. The lowest BCUT2D eigenvalue weighted by atomic mass is 10.1. The molecule has 2 aromatic carbocycles. The normalized spacial score (nSPS) is 12.1. The average molecular weight is 372 g/mol. The Morgan fingerprint density at radius 3 is 2.52 bits per heavy atom. The fourth-order valence-electron chi connectivity index (χ4n) is 2.40. The Hall–Kier alpha value is -2.40. The third-order valence-corrected chi connectivity index (χ3v) is 4.30. The van der Waals surface area contributed by atoms with Gasteiger partial charge in [0.15, 0.2) is 0 Å². The quantitative estimate of drug-likeness (QED) is 0.682. The van der Waals surface area contributed by atoms with Crippen LogP contribution in [0.4, 0.5) is 0 Å². The number of phenols is 1. The fourth-order valence-corrected chi connectivity index (χ4v) is 2.97. The average Bonchev–Trinajstić information content (AvgIpc) is 2.58. The lowest BCUT2D eigenvalue weighted by Crippen LogP contribution is -2.10. The molecule has 0 saturated heterocycles. The molecule has 116 valence electrons. The molecule has 0 saturated carbocycles. The molecule has 0 radical (unpaired) electrons. The van der Waals surface area contributed by atoms with Crippen LogP contribution in [0.1, 0.15) is 28.9 Å². The number of hydrogen-bond donors (Lipinski definition) is 1. The lowest BCUT2D eigenvalue weighted by molar-refractivity contribution is 0.0335. The van der Waals surface area contributed by atoms with Crippen LogP contribution >= 0.6 is 15.9 Å². The van der Waals surface area contributed by atoms with Crippen LogP contribution in [0.15, 0.2) is 59.3 Å². The topological polar surface area (TPSA) is 59.4 Å². The number of fused-ring (bicyclic) bond motifs is 1. The van der Waals surface area contributed by atoms with E-state index in [1.165, 1.54) is 0 Å². The van der Waals surface area contributed by atoms with Gasteiger partial charge in [-0.05, 0) is 36.1 Å². The Morgan fingerprint density at radius 2 is 1.83 bits per heavy atom.